The van der Waals surface area contributed by atoms with Crippen LogP contribution in [-0.4, -0.2) is 21.5 Å². The number of aryl methyl sites for hydroxylation is 1. The predicted octanol–water partition coefficient (Wildman–Crippen LogP) is 3.67. The number of anilines is 2. The first-order valence-corrected chi connectivity index (χ1v) is 9.18. The first-order valence-electron chi connectivity index (χ1n) is 7.70. The van der Waals surface area contributed by atoms with Crippen LogP contribution in [0.5, 0.6) is 0 Å². The number of nitrogens with zero attached hydrogens (tertiary/aromatic N) is 1. The van der Waals surface area contributed by atoms with Crippen molar-refractivity contribution in [2.75, 3.05) is 22.7 Å². The van der Waals surface area contributed by atoms with Gasteiger partial charge in [0.1, 0.15) is 11.6 Å². The SMILES string of the molecule is Cc1cc(NS(=O)(=O)c2cc(F)cc(F)c2)ccc1N1CCCC1. The lowest BCUT2D eigenvalue weighted by Gasteiger charge is -2.21. The minimum atomic E-state index is -4.05. The molecule has 0 radical (unpaired) electrons. The Kier molecular flexibility index (Phi) is 4.45. The van der Waals surface area contributed by atoms with Crippen LogP contribution in [0, 0.1) is 18.6 Å². The monoisotopic (exact) mass is 352 g/mol. The molecule has 0 spiro atoms. The van der Waals surface area contributed by atoms with E-state index in [1.807, 2.05) is 13.0 Å². The molecule has 1 aliphatic rings. The normalized spacial score (nSPS) is 14.9. The van der Waals surface area contributed by atoms with Gasteiger partial charge in [0.25, 0.3) is 10.0 Å². The molecule has 0 saturated carbocycles. The second-order valence-corrected chi connectivity index (χ2v) is 7.59. The van der Waals surface area contributed by atoms with Crippen molar-refractivity contribution in [2.24, 2.45) is 0 Å². The van der Waals surface area contributed by atoms with Crippen LogP contribution in [0.15, 0.2) is 41.3 Å². The molecule has 0 unspecified atom stereocenters. The molecule has 0 atom stereocenters. The van der Waals surface area contributed by atoms with Gasteiger partial charge in [-0.25, -0.2) is 17.2 Å². The lowest BCUT2D eigenvalue weighted by molar-refractivity contribution is 0.568. The molecular weight excluding hydrogens is 334 g/mol. The minimum Gasteiger partial charge on any atom is -0.371 e. The molecule has 3 rings (SSSR count). The third kappa shape index (κ3) is 3.51. The summed E-state index contributed by atoms with van der Waals surface area (Å²) in [6, 6.07) is 7.46. The maximum atomic E-state index is 13.2. The van der Waals surface area contributed by atoms with Crippen molar-refractivity contribution in [2.45, 2.75) is 24.7 Å². The standard InChI is InChI=1S/C17H18F2N2O2S/c1-12-8-15(4-5-17(12)21-6-2-3-7-21)20-24(22,23)16-10-13(18)9-14(19)11-16/h4-5,8-11,20H,2-3,6-7H2,1H3. The van der Waals surface area contributed by atoms with Crippen molar-refractivity contribution in [3.05, 3.63) is 53.6 Å². The van der Waals surface area contributed by atoms with Gasteiger partial charge in [-0.2, -0.15) is 0 Å². The average molecular weight is 352 g/mol. The lowest BCUT2D eigenvalue weighted by atomic mass is 10.1. The van der Waals surface area contributed by atoms with E-state index >= 15 is 0 Å². The largest absolute Gasteiger partial charge is 0.371 e. The number of hydrogen-bond acceptors (Lipinski definition) is 3. The number of halogens is 2. The molecule has 1 aliphatic heterocycles. The van der Waals surface area contributed by atoms with Gasteiger partial charge in [-0.15, -0.1) is 0 Å². The molecule has 0 bridgehead atoms. The molecule has 1 heterocycles. The molecule has 7 heteroatoms. The summed E-state index contributed by atoms with van der Waals surface area (Å²) in [5.74, 6) is -1.87. The highest BCUT2D eigenvalue weighted by atomic mass is 32.2. The highest BCUT2D eigenvalue weighted by molar-refractivity contribution is 7.92. The molecule has 1 N–H and O–H groups in total. The van der Waals surface area contributed by atoms with Crippen molar-refractivity contribution in [3.8, 4) is 0 Å². The molecule has 4 nitrogen and oxygen atoms in total. The molecule has 24 heavy (non-hydrogen) atoms. The van der Waals surface area contributed by atoms with Crippen molar-refractivity contribution < 1.29 is 17.2 Å². The van der Waals surface area contributed by atoms with Crippen molar-refractivity contribution >= 4 is 21.4 Å². The topological polar surface area (TPSA) is 49.4 Å². The van der Waals surface area contributed by atoms with Gasteiger partial charge < -0.3 is 4.90 Å². The fourth-order valence-electron chi connectivity index (χ4n) is 2.93. The van der Waals surface area contributed by atoms with Crippen LogP contribution in [-0.2, 0) is 10.0 Å². The zero-order valence-electron chi connectivity index (χ0n) is 13.2. The Morgan fingerprint density at radius 3 is 2.21 bits per heavy atom. The van der Waals surface area contributed by atoms with Gasteiger partial charge >= 0.3 is 0 Å². The summed E-state index contributed by atoms with van der Waals surface area (Å²) < 4.78 is 53.5. The first-order chi connectivity index (χ1) is 11.3. The highest BCUT2D eigenvalue weighted by Gasteiger charge is 2.18. The maximum absolute atomic E-state index is 13.2. The van der Waals surface area contributed by atoms with Gasteiger partial charge in [0.05, 0.1) is 4.90 Å². The zero-order valence-corrected chi connectivity index (χ0v) is 14.0. The summed E-state index contributed by atoms with van der Waals surface area (Å²) in [7, 11) is -4.05. The van der Waals surface area contributed by atoms with Gasteiger partial charge in [0.15, 0.2) is 0 Å². The minimum absolute atomic E-state index is 0.361. The molecule has 2 aromatic rings. The summed E-state index contributed by atoms with van der Waals surface area (Å²) in [4.78, 5) is 1.82. The summed E-state index contributed by atoms with van der Waals surface area (Å²) in [5.41, 5.74) is 2.38. The van der Waals surface area contributed by atoms with Crippen molar-refractivity contribution in [1.82, 2.24) is 0 Å². The molecule has 0 aromatic heterocycles. The van der Waals surface area contributed by atoms with Crippen LogP contribution in [0.1, 0.15) is 18.4 Å². The molecule has 2 aromatic carbocycles. The number of hydrogen-bond donors (Lipinski definition) is 1. The van der Waals surface area contributed by atoms with Crippen LogP contribution in [0.2, 0.25) is 0 Å². The summed E-state index contributed by atoms with van der Waals surface area (Å²) >= 11 is 0. The van der Waals surface area contributed by atoms with Crippen LogP contribution >= 0.6 is 0 Å². The van der Waals surface area contributed by atoms with Gasteiger partial charge in [-0.05, 0) is 55.7 Å². The van der Waals surface area contributed by atoms with E-state index in [1.165, 1.54) is 0 Å². The highest BCUT2D eigenvalue weighted by Crippen LogP contribution is 2.28. The molecular formula is C17H18F2N2O2S. The Morgan fingerprint density at radius 1 is 1.00 bits per heavy atom. The number of sulfonamides is 1. The summed E-state index contributed by atoms with van der Waals surface area (Å²) in [6.07, 6.45) is 2.30. The third-order valence-electron chi connectivity index (χ3n) is 4.04. The molecule has 0 aliphatic carbocycles. The van der Waals surface area contributed by atoms with Crippen LogP contribution in [0.3, 0.4) is 0 Å². The van der Waals surface area contributed by atoms with Gasteiger partial charge in [-0.3, -0.25) is 4.72 Å². The second-order valence-electron chi connectivity index (χ2n) is 5.91. The Labute approximate surface area is 140 Å². The van der Waals surface area contributed by atoms with E-state index in [-0.39, 0.29) is 0 Å². The Morgan fingerprint density at radius 2 is 1.62 bits per heavy atom. The van der Waals surface area contributed by atoms with Crippen LogP contribution in [0.4, 0.5) is 20.2 Å². The van der Waals surface area contributed by atoms with E-state index in [0.717, 1.165) is 49.3 Å². The van der Waals surface area contributed by atoms with E-state index in [2.05, 4.69) is 9.62 Å². The lowest BCUT2D eigenvalue weighted by Crippen LogP contribution is -2.19. The van der Waals surface area contributed by atoms with E-state index in [0.29, 0.717) is 11.8 Å². The maximum Gasteiger partial charge on any atom is 0.262 e. The average Bonchev–Trinajstić information content (AvgIpc) is 3.00. The Hall–Kier alpha value is -2.15. The quantitative estimate of drug-likeness (QED) is 0.913. The summed E-state index contributed by atoms with van der Waals surface area (Å²) in [6.45, 7) is 3.90. The Balaban J connectivity index is 1.86. The number of benzene rings is 2. The fourth-order valence-corrected chi connectivity index (χ4v) is 4.02. The third-order valence-corrected chi connectivity index (χ3v) is 5.40. The molecule has 128 valence electrons. The number of nitrogens with one attached hydrogen (secondary N) is 1. The van der Waals surface area contributed by atoms with Crippen LogP contribution in [0.25, 0.3) is 0 Å². The fraction of sp³-hybridized carbons (Fsp3) is 0.294. The van der Waals surface area contributed by atoms with Gasteiger partial charge in [0.2, 0.25) is 0 Å². The molecule has 0 amide bonds. The van der Waals surface area contributed by atoms with E-state index in [4.69, 9.17) is 0 Å². The zero-order chi connectivity index (χ0) is 17.3. The summed E-state index contributed by atoms with van der Waals surface area (Å²) in [5, 5.41) is 0. The second kappa shape index (κ2) is 6.39. The van der Waals surface area contributed by atoms with Gasteiger partial charge in [0, 0.05) is 30.5 Å². The predicted molar refractivity (Wildman–Crippen MR) is 89.8 cm³/mol. The molecule has 1 fully saturated rings. The van der Waals surface area contributed by atoms with E-state index < -0.39 is 26.6 Å². The van der Waals surface area contributed by atoms with Gasteiger partial charge in [-0.1, -0.05) is 0 Å². The van der Waals surface area contributed by atoms with E-state index in [9.17, 15) is 17.2 Å². The van der Waals surface area contributed by atoms with Crippen LogP contribution < -0.4 is 9.62 Å². The van der Waals surface area contributed by atoms with E-state index in [1.54, 1.807) is 12.1 Å². The van der Waals surface area contributed by atoms with Crippen molar-refractivity contribution in [1.29, 1.82) is 0 Å². The number of rotatable bonds is 4. The first kappa shape index (κ1) is 16.7. The molecule has 1 saturated heterocycles. The van der Waals surface area contributed by atoms with Crippen molar-refractivity contribution in [3.63, 3.8) is 0 Å². The Bertz CT molecular complexity index is 843. The smallest absolute Gasteiger partial charge is 0.262 e.